The van der Waals surface area contributed by atoms with E-state index >= 15 is 0 Å². The highest BCUT2D eigenvalue weighted by molar-refractivity contribution is 5.94. The van der Waals surface area contributed by atoms with Crippen molar-refractivity contribution in [1.82, 2.24) is 4.90 Å². The van der Waals surface area contributed by atoms with E-state index in [2.05, 4.69) is 0 Å². The van der Waals surface area contributed by atoms with Crippen molar-refractivity contribution in [3.05, 3.63) is 29.8 Å². The molecule has 1 spiro atoms. The number of carbonyl (C=O) groups is 1. The van der Waals surface area contributed by atoms with Crippen molar-refractivity contribution in [3.63, 3.8) is 0 Å². The topological polar surface area (TPSA) is 48.0 Å². The molecule has 2 saturated heterocycles. The molecule has 0 saturated carbocycles. The third kappa shape index (κ3) is 3.42. The summed E-state index contributed by atoms with van der Waals surface area (Å²) in [6.07, 6.45) is 3.13. The van der Waals surface area contributed by atoms with Crippen molar-refractivity contribution in [1.29, 1.82) is 0 Å². The summed E-state index contributed by atoms with van der Waals surface area (Å²) in [6, 6.07) is 7.40. The van der Waals surface area contributed by atoms with Gasteiger partial charge in [0.1, 0.15) is 5.75 Å². The van der Waals surface area contributed by atoms with Crippen LogP contribution in [0.4, 0.5) is 0 Å². The van der Waals surface area contributed by atoms with E-state index in [4.69, 9.17) is 14.2 Å². The molecule has 0 unspecified atom stereocenters. The third-order valence-electron chi connectivity index (χ3n) is 5.66. The summed E-state index contributed by atoms with van der Waals surface area (Å²) in [4.78, 5) is 14.7. The van der Waals surface area contributed by atoms with Gasteiger partial charge in [-0.3, -0.25) is 4.79 Å². The molecule has 1 amide bonds. The number of piperidine rings is 1. The largest absolute Gasteiger partial charge is 0.497 e. The van der Waals surface area contributed by atoms with Gasteiger partial charge in [0, 0.05) is 38.3 Å². The highest BCUT2D eigenvalue weighted by Gasteiger charge is 2.44. The van der Waals surface area contributed by atoms with Crippen LogP contribution in [0.25, 0.3) is 0 Å². The van der Waals surface area contributed by atoms with Crippen molar-refractivity contribution in [2.45, 2.75) is 19.3 Å². The first-order valence-corrected chi connectivity index (χ1v) is 8.68. The molecule has 5 nitrogen and oxygen atoms in total. The number of methoxy groups -OCH3 is 2. The summed E-state index contributed by atoms with van der Waals surface area (Å²) in [5.74, 6) is 1.25. The zero-order valence-corrected chi connectivity index (χ0v) is 14.6. The second kappa shape index (κ2) is 7.53. The molecule has 2 heterocycles. The first-order chi connectivity index (χ1) is 11.7. The second-order valence-corrected chi connectivity index (χ2v) is 6.86. The Kier molecular flexibility index (Phi) is 5.41. The molecule has 0 aromatic heterocycles. The second-order valence-electron chi connectivity index (χ2n) is 6.86. The summed E-state index contributed by atoms with van der Waals surface area (Å²) in [6.45, 7) is 3.94. The number of ether oxygens (including phenoxy) is 3. The van der Waals surface area contributed by atoms with E-state index in [0.29, 0.717) is 11.5 Å². The molecule has 24 heavy (non-hydrogen) atoms. The van der Waals surface area contributed by atoms with Crippen molar-refractivity contribution >= 4 is 5.91 Å². The Morgan fingerprint density at radius 3 is 2.79 bits per heavy atom. The van der Waals surface area contributed by atoms with Gasteiger partial charge in [-0.2, -0.15) is 0 Å². The molecule has 0 bridgehead atoms. The Bertz CT molecular complexity index is 564. The first kappa shape index (κ1) is 17.2. The summed E-state index contributed by atoms with van der Waals surface area (Å²) in [5.41, 5.74) is 0.963. The quantitative estimate of drug-likeness (QED) is 0.850. The molecule has 0 N–H and O–H groups in total. The fourth-order valence-corrected chi connectivity index (χ4v) is 4.06. The number of rotatable bonds is 4. The van der Waals surface area contributed by atoms with Gasteiger partial charge in [0.05, 0.1) is 20.3 Å². The molecular formula is C19H27NO4. The SMILES string of the molecule is COC[C@H]1COCCC12CCN(C(=O)c1cccc(OC)c1)CC2. The van der Waals surface area contributed by atoms with Gasteiger partial charge in [0.2, 0.25) is 0 Å². The van der Waals surface area contributed by atoms with Gasteiger partial charge in [0.15, 0.2) is 0 Å². The van der Waals surface area contributed by atoms with Gasteiger partial charge < -0.3 is 19.1 Å². The molecule has 5 heteroatoms. The average molecular weight is 333 g/mol. The van der Waals surface area contributed by atoms with Crippen molar-refractivity contribution in [3.8, 4) is 5.75 Å². The van der Waals surface area contributed by atoms with Gasteiger partial charge in [-0.15, -0.1) is 0 Å². The van der Waals surface area contributed by atoms with Gasteiger partial charge in [-0.25, -0.2) is 0 Å². The number of benzene rings is 1. The number of hydrogen-bond acceptors (Lipinski definition) is 4. The lowest BCUT2D eigenvalue weighted by Gasteiger charge is -2.48. The molecular weight excluding hydrogens is 306 g/mol. The van der Waals surface area contributed by atoms with Crippen molar-refractivity contribution < 1.29 is 19.0 Å². The average Bonchev–Trinajstić information content (AvgIpc) is 2.64. The van der Waals surface area contributed by atoms with E-state index in [1.54, 1.807) is 14.2 Å². The Hall–Kier alpha value is -1.59. The molecule has 2 aliphatic rings. The van der Waals surface area contributed by atoms with Crippen molar-refractivity contribution in [2.75, 3.05) is 47.1 Å². The van der Waals surface area contributed by atoms with E-state index in [0.717, 1.165) is 57.9 Å². The lowest BCUT2D eigenvalue weighted by molar-refractivity contribution is -0.0912. The van der Waals surface area contributed by atoms with Crippen LogP contribution in [0.1, 0.15) is 29.6 Å². The van der Waals surface area contributed by atoms with Gasteiger partial charge >= 0.3 is 0 Å². The van der Waals surface area contributed by atoms with Gasteiger partial charge in [-0.05, 0) is 42.9 Å². The minimum atomic E-state index is 0.0964. The standard InChI is InChI=1S/C19H27NO4/c1-22-13-16-14-24-11-8-19(16)6-9-20(10-7-19)18(21)15-4-3-5-17(12-15)23-2/h3-5,12,16H,6-11,13-14H2,1-2H3/t16-/m0/s1. The molecule has 1 aromatic carbocycles. The van der Waals surface area contributed by atoms with Crippen LogP contribution in [0, 0.1) is 11.3 Å². The van der Waals surface area contributed by atoms with E-state index in [9.17, 15) is 4.79 Å². The molecule has 0 radical (unpaired) electrons. The van der Waals surface area contributed by atoms with Crippen LogP contribution in [0.5, 0.6) is 5.75 Å². The monoisotopic (exact) mass is 333 g/mol. The van der Waals surface area contributed by atoms with E-state index in [1.807, 2.05) is 29.2 Å². The molecule has 1 aromatic rings. The minimum Gasteiger partial charge on any atom is -0.497 e. The minimum absolute atomic E-state index is 0.0964. The molecule has 2 aliphatic heterocycles. The van der Waals surface area contributed by atoms with Crippen LogP contribution in [0.3, 0.4) is 0 Å². The predicted octanol–water partition coefficient (Wildman–Crippen LogP) is 2.60. The van der Waals surface area contributed by atoms with E-state index in [1.165, 1.54) is 0 Å². The number of likely N-dealkylation sites (tertiary alicyclic amines) is 1. The summed E-state index contributed by atoms with van der Waals surface area (Å²) in [5, 5.41) is 0. The Morgan fingerprint density at radius 1 is 1.29 bits per heavy atom. The molecule has 2 fully saturated rings. The van der Waals surface area contributed by atoms with Crippen LogP contribution in [-0.2, 0) is 9.47 Å². The van der Waals surface area contributed by atoms with Crippen molar-refractivity contribution in [2.24, 2.45) is 11.3 Å². The fraction of sp³-hybridized carbons (Fsp3) is 0.632. The predicted molar refractivity (Wildman–Crippen MR) is 91.4 cm³/mol. The number of carbonyl (C=O) groups excluding carboxylic acids is 1. The molecule has 132 valence electrons. The highest BCUT2D eigenvalue weighted by atomic mass is 16.5. The zero-order valence-electron chi connectivity index (χ0n) is 14.6. The van der Waals surface area contributed by atoms with Crippen LogP contribution < -0.4 is 4.74 Å². The lowest BCUT2D eigenvalue weighted by Crippen LogP contribution is -2.50. The van der Waals surface area contributed by atoms with E-state index < -0.39 is 0 Å². The number of hydrogen-bond donors (Lipinski definition) is 0. The maximum Gasteiger partial charge on any atom is 0.253 e. The highest BCUT2D eigenvalue weighted by Crippen LogP contribution is 2.45. The lowest BCUT2D eigenvalue weighted by atomic mass is 9.66. The van der Waals surface area contributed by atoms with E-state index in [-0.39, 0.29) is 11.3 Å². The Labute approximate surface area is 143 Å². The number of amides is 1. The van der Waals surface area contributed by atoms with Gasteiger partial charge in [0.25, 0.3) is 5.91 Å². The number of nitrogens with zero attached hydrogens (tertiary/aromatic N) is 1. The smallest absolute Gasteiger partial charge is 0.253 e. The summed E-state index contributed by atoms with van der Waals surface area (Å²) in [7, 11) is 3.37. The Balaban J connectivity index is 1.66. The molecule has 3 rings (SSSR count). The van der Waals surface area contributed by atoms with Crippen LogP contribution in [-0.4, -0.2) is 57.9 Å². The molecule has 1 atom stereocenters. The van der Waals surface area contributed by atoms with Crippen LogP contribution >= 0.6 is 0 Å². The maximum atomic E-state index is 12.8. The summed E-state index contributed by atoms with van der Waals surface area (Å²) >= 11 is 0. The van der Waals surface area contributed by atoms with Crippen LogP contribution in [0.15, 0.2) is 24.3 Å². The third-order valence-corrected chi connectivity index (χ3v) is 5.66. The van der Waals surface area contributed by atoms with Gasteiger partial charge in [-0.1, -0.05) is 6.07 Å². The Morgan fingerprint density at radius 2 is 2.08 bits per heavy atom. The maximum absolute atomic E-state index is 12.8. The zero-order chi connectivity index (χ0) is 17.0. The fourth-order valence-electron chi connectivity index (χ4n) is 4.06. The van der Waals surface area contributed by atoms with Crippen LogP contribution in [0.2, 0.25) is 0 Å². The normalized spacial score (nSPS) is 23.2. The first-order valence-electron chi connectivity index (χ1n) is 8.68. The summed E-state index contributed by atoms with van der Waals surface area (Å²) < 4.78 is 16.3. The molecule has 0 aliphatic carbocycles.